The summed E-state index contributed by atoms with van der Waals surface area (Å²) in [5.41, 5.74) is 5.89. The first-order valence-corrected chi connectivity index (χ1v) is 6.39. The molecule has 1 unspecified atom stereocenters. The van der Waals surface area contributed by atoms with E-state index in [0.717, 1.165) is 6.42 Å². The van der Waals surface area contributed by atoms with Crippen molar-refractivity contribution in [1.29, 1.82) is 0 Å². The number of halogens is 1. The molecule has 1 fully saturated rings. The fraction of sp³-hybridized carbons (Fsp3) is 0.500. The standard InChI is InChI=1S/C14H19FN2O2/c1-9(17-13(18)14(16)6-3-7-14)10-4-5-12(19-2)11(15)8-10/h4-5,8-9H,3,6-7,16H2,1-2H3,(H,17,18). The molecule has 0 aromatic heterocycles. The van der Waals surface area contributed by atoms with Crippen LogP contribution in [0.3, 0.4) is 0 Å². The van der Waals surface area contributed by atoms with Crippen LogP contribution < -0.4 is 15.8 Å². The molecule has 1 aliphatic carbocycles. The number of carbonyl (C=O) groups excluding carboxylic acids is 1. The number of amides is 1. The molecule has 5 heteroatoms. The molecule has 1 aliphatic rings. The van der Waals surface area contributed by atoms with Gasteiger partial charge in [-0.05, 0) is 43.9 Å². The number of hydrogen-bond donors (Lipinski definition) is 2. The topological polar surface area (TPSA) is 64.3 Å². The van der Waals surface area contributed by atoms with Gasteiger partial charge in [0.05, 0.1) is 18.7 Å². The van der Waals surface area contributed by atoms with Crippen LogP contribution in [-0.2, 0) is 4.79 Å². The van der Waals surface area contributed by atoms with Gasteiger partial charge in [0.2, 0.25) is 5.91 Å². The molecule has 1 aromatic carbocycles. The van der Waals surface area contributed by atoms with E-state index in [4.69, 9.17) is 10.5 Å². The molecule has 3 N–H and O–H groups in total. The summed E-state index contributed by atoms with van der Waals surface area (Å²) in [4.78, 5) is 12.0. The van der Waals surface area contributed by atoms with Gasteiger partial charge < -0.3 is 15.8 Å². The van der Waals surface area contributed by atoms with Crippen molar-refractivity contribution in [2.75, 3.05) is 7.11 Å². The van der Waals surface area contributed by atoms with Crippen molar-refractivity contribution in [3.63, 3.8) is 0 Å². The molecule has 19 heavy (non-hydrogen) atoms. The van der Waals surface area contributed by atoms with Crippen LogP contribution in [0.5, 0.6) is 5.75 Å². The molecule has 1 aromatic rings. The van der Waals surface area contributed by atoms with E-state index in [1.54, 1.807) is 19.1 Å². The van der Waals surface area contributed by atoms with Crippen molar-refractivity contribution in [1.82, 2.24) is 5.32 Å². The molecule has 1 atom stereocenters. The molecule has 1 amide bonds. The third kappa shape index (κ3) is 2.71. The van der Waals surface area contributed by atoms with Crippen molar-refractivity contribution >= 4 is 5.91 Å². The summed E-state index contributed by atoms with van der Waals surface area (Å²) in [7, 11) is 1.41. The van der Waals surface area contributed by atoms with Gasteiger partial charge in [-0.3, -0.25) is 4.79 Å². The minimum atomic E-state index is -0.737. The smallest absolute Gasteiger partial charge is 0.240 e. The van der Waals surface area contributed by atoms with Gasteiger partial charge in [-0.15, -0.1) is 0 Å². The van der Waals surface area contributed by atoms with Crippen LogP contribution in [-0.4, -0.2) is 18.6 Å². The monoisotopic (exact) mass is 266 g/mol. The minimum absolute atomic E-state index is 0.164. The molecule has 0 heterocycles. The Balaban J connectivity index is 2.05. The van der Waals surface area contributed by atoms with Crippen LogP contribution in [0.1, 0.15) is 37.8 Å². The second-order valence-corrected chi connectivity index (χ2v) is 5.10. The summed E-state index contributed by atoms with van der Waals surface area (Å²) < 4.78 is 18.5. The van der Waals surface area contributed by atoms with E-state index in [1.807, 2.05) is 0 Å². The van der Waals surface area contributed by atoms with Gasteiger partial charge in [-0.25, -0.2) is 4.39 Å². The molecule has 0 saturated heterocycles. The highest BCUT2D eigenvalue weighted by Crippen LogP contribution is 2.30. The number of hydrogen-bond acceptors (Lipinski definition) is 3. The average molecular weight is 266 g/mol. The maximum atomic E-state index is 13.6. The Morgan fingerprint density at radius 2 is 2.21 bits per heavy atom. The lowest BCUT2D eigenvalue weighted by molar-refractivity contribution is -0.129. The molecule has 0 aliphatic heterocycles. The predicted molar refractivity (Wildman–Crippen MR) is 70.3 cm³/mol. The van der Waals surface area contributed by atoms with Crippen LogP contribution in [0, 0.1) is 5.82 Å². The number of nitrogens with one attached hydrogen (secondary N) is 1. The van der Waals surface area contributed by atoms with E-state index >= 15 is 0 Å². The van der Waals surface area contributed by atoms with Gasteiger partial charge in [-0.1, -0.05) is 6.07 Å². The quantitative estimate of drug-likeness (QED) is 0.874. The van der Waals surface area contributed by atoms with Crippen molar-refractivity contribution < 1.29 is 13.9 Å². The van der Waals surface area contributed by atoms with E-state index in [9.17, 15) is 9.18 Å². The maximum Gasteiger partial charge on any atom is 0.240 e. The number of carbonyl (C=O) groups is 1. The minimum Gasteiger partial charge on any atom is -0.494 e. The zero-order chi connectivity index (χ0) is 14.0. The van der Waals surface area contributed by atoms with Gasteiger partial charge >= 0.3 is 0 Å². The lowest BCUT2D eigenvalue weighted by atomic mass is 9.77. The molecule has 104 valence electrons. The van der Waals surface area contributed by atoms with E-state index < -0.39 is 11.4 Å². The number of rotatable bonds is 4. The molecule has 0 bridgehead atoms. The van der Waals surface area contributed by atoms with Gasteiger partial charge in [0.15, 0.2) is 11.6 Å². The highest BCUT2D eigenvalue weighted by Gasteiger charge is 2.40. The molecular weight excluding hydrogens is 247 g/mol. The molecule has 0 spiro atoms. The first-order valence-electron chi connectivity index (χ1n) is 6.39. The summed E-state index contributed by atoms with van der Waals surface area (Å²) in [5, 5.41) is 2.83. The van der Waals surface area contributed by atoms with Gasteiger partial charge in [0.1, 0.15) is 0 Å². The van der Waals surface area contributed by atoms with Crippen LogP contribution in [0.4, 0.5) is 4.39 Å². The molecule has 4 nitrogen and oxygen atoms in total. The summed E-state index contributed by atoms with van der Waals surface area (Å²) >= 11 is 0. The van der Waals surface area contributed by atoms with Crippen LogP contribution in [0.2, 0.25) is 0 Å². The maximum absolute atomic E-state index is 13.6. The lowest BCUT2D eigenvalue weighted by Crippen LogP contribution is -2.58. The Labute approximate surface area is 112 Å². The molecule has 1 saturated carbocycles. The van der Waals surface area contributed by atoms with Crippen molar-refractivity contribution in [3.05, 3.63) is 29.6 Å². The summed E-state index contributed by atoms with van der Waals surface area (Å²) in [6, 6.07) is 4.37. The van der Waals surface area contributed by atoms with Crippen LogP contribution >= 0.6 is 0 Å². The number of benzene rings is 1. The van der Waals surface area contributed by atoms with Crippen molar-refractivity contribution in [3.8, 4) is 5.75 Å². The van der Waals surface area contributed by atoms with Gasteiger partial charge in [-0.2, -0.15) is 0 Å². The average Bonchev–Trinajstić information content (AvgIpc) is 2.35. The van der Waals surface area contributed by atoms with Crippen LogP contribution in [0.15, 0.2) is 18.2 Å². The number of methoxy groups -OCH3 is 1. The molecule has 0 radical (unpaired) electrons. The first-order chi connectivity index (χ1) is 8.96. The number of nitrogens with two attached hydrogens (primary N) is 1. The Hall–Kier alpha value is -1.62. The highest BCUT2D eigenvalue weighted by molar-refractivity contribution is 5.87. The van der Waals surface area contributed by atoms with Crippen LogP contribution in [0.25, 0.3) is 0 Å². The summed E-state index contributed by atoms with van der Waals surface area (Å²) in [5.74, 6) is -0.411. The largest absolute Gasteiger partial charge is 0.494 e. The Kier molecular flexibility index (Phi) is 3.75. The second kappa shape index (κ2) is 5.17. The zero-order valence-corrected chi connectivity index (χ0v) is 11.2. The summed E-state index contributed by atoms with van der Waals surface area (Å²) in [6.07, 6.45) is 2.40. The third-order valence-electron chi connectivity index (χ3n) is 3.72. The third-order valence-corrected chi connectivity index (χ3v) is 3.72. The van der Waals surface area contributed by atoms with Crippen molar-refractivity contribution in [2.24, 2.45) is 5.73 Å². The highest BCUT2D eigenvalue weighted by atomic mass is 19.1. The molecule has 2 rings (SSSR count). The lowest BCUT2D eigenvalue weighted by Gasteiger charge is -2.37. The van der Waals surface area contributed by atoms with Gasteiger partial charge in [0.25, 0.3) is 0 Å². The second-order valence-electron chi connectivity index (χ2n) is 5.10. The van der Waals surface area contributed by atoms with Gasteiger partial charge in [0, 0.05) is 0 Å². The van der Waals surface area contributed by atoms with E-state index in [2.05, 4.69) is 5.32 Å². The summed E-state index contributed by atoms with van der Waals surface area (Å²) in [6.45, 7) is 1.81. The SMILES string of the molecule is COc1ccc(C(C)NC(=O)C2(N)CCC2)cc1F. The fourth-order valence-corrected chi connectivity index (χ4v) is 2.16. The predicted octanol–water partition coefficient (Wildman–Crippen LogP) is 1.89. The Bertz CT molecular complexity index is 486. The Morgan fingerprint density at radius 3 is 2.68 bits per heavy atom. The van der Waals surface area contributed by atoms with E-state index in [0.29, 0.717) is 18.4 Å². The molecular formula is C14H19FN2O2. The Morgan fingerprint density at radius 1 is 1.53 bits per heavy atom. The fourth-order valence-electron chi connectivity index (χ4n) is 2.16. The zero-order valence-electron chi connectivity index (χ0n) is 11.2. The van der Waals surface area contributed by atoms with E-state index in [1.165, 1.54) is 13.2 Å². The number of ether oxygens (including phenoxy) is 1. The normalized spacial score (nSPS) is 18.3. The van der Waals surface area contributed by atoms with Crippen molar-refractivity contribution in [2.45, 2.75) is 37.8 Å². The van der Waals surface area contributed by atoms with E-state index in [-0.39, 0.29) is 17.7 Å². The first kappa shape index (κ1) is 13.8.